The van der Waals surface area contributed by atoms with Gasteiger partial charge >= 0.3 is 0 Å². The molecule has 0 aromatic rings. The SMILES string of the molecule is CN(C)CCC1(CN)CC1.Cl.Cl. The van der Waals surface area contributed by atoms with Gasteiger partial charge in [0, 0.05) is 0 Å². The summed E-state index contributed by atoms with van der Waals surface area (Å²) in [6.45, 7) is 2.08. The van der Waals surface area contributed by atoms with Crippen LogP contribution in [0.3, 0.4) is 0 Å². The molecule has 0 spiro atoms. The van der Waals surface area contributed by atoms with Crippen molar-refractivity contribution in [3.8, 4) is 0 Å². The van der Waals surface area contributed by atoms with Crippen molar-refractivity contribution in [3.63, 3.8) is 0 Å². The zero-order valence-corrected chi connectivity index (χ0v) is 9.51. The fraction of sp³-hybridized carbons (Fsp3) is 1.00. The van der Waals surface area contributed by atoms with E-state index in [4.69, 9.17) is 5.73 Å². The highest BCUT2D eigenvalue weighted by atomic mass is 35.5. The minimum Gasteiger partial charge on any atom is -0.330 e. The Morgan fingerprint density at radius 3 is 2.00 bits per heavy atom. The molecule has 0 heterocycles. The van der Waals surface area contributed by atoms with Crippen molar-refractivity contribution < 1.29 is 0 Å². The third-order valence-electron chi connectivity index (χ3n) is 2.48. The Morgan fingerprint density at radius 1 is 1.25 bits per heavy atom. The van der Waals surface area contributed by atoms with Gasteiger partial charge in [0.05, 0.1) is 0 Å². The molecule has 1 rings (SSSR count). The fourth-order valence-electron chi connectivity index (χ4n) is 1.19. The van der Waals surface area contributed by atoms with Crippen molar-refractivity contribution >= 4 is 24.8 Å². The molecule has 0 unspecified atom stereocenters. The lowest BCUT2D eigenvalue weighted by Crippen LogP contribution is -2.22. The van der Waals surface area contributed by atoms with E-state index in [0.717, 1.165) is 6.54 Å². The minimum absolute atomic E-state index is 0. The molecule has 0 radical (unpaired) electrons. The molecule has 12 heavy (non-hydrogen) atoms. The van der Waals surface area contributed by atoms with Crippen molar-refractivity contribution in [2.75, 3.05) is 27.2 Å². The van der Waals surface area contributed by atoms with E-state index in [1.807, 2.05) is 0 Å². The lowest BCUT2D eigenvalue weighted by molar-refractivity contribution is 0.342. The predicted molar refractivity (Wildman–Crippen MR) is 58.4 cm³/mol. The summed E-state index contributed by atoms with van der Waals surface area (Å²) in [6.07, 6.45) is 4.01. The lowest BCUT2D eigenvalue weighted by atomic mass is 10.0. The van der Waals surface area contributed by atoms with Gasteiger partial charge in [-0.1, -0.05) is 0 Å². The standard InChI is InChI=1S/C8H18N2.2ClH/c1-10(2)6-5-8(7-9)3-4-8;;/h3-7,9H2,1-2H3;2*1H. The fourth-order valence-corrected chi connectivity index (χ4v) is 1.19. The second kappa shape index (κ2) is 6.03. The first-order valence-corrected chi connectivity index (χ1v) is 4.03. The van der Waals surface area contributed by atoms with Crippen LogP contribution in [0.1, 0.15) is 19.3 Å². The molecule has 1 aliphatic carbocycles. The summed E-state index contributed by atoms with van der Waals surface area (Å²) in [6, 6.07) is 0. The molecule has 0 bridgehead atoms. The monoisotopic (exact) mass is 214 g/mol. The Kier molecular flexibility index (Phi) is 7.54. The molecule has 4 heteroatoms. The van der Waals surface area contributed by atoms with E-state index < -0.39 is 0 Å². The third-order valence-corrected chi connectivity index (χ3v) is 2.48. The molecule has 0 aromatic heterocycles. The molecule has 0 amide bonds. The molecule has 0 aromatic carbocycles. The number of hydrogen-bond acceptors (Lipinski definition) is 2. The zero-order chi connectivity index (χ0) is 7.61. The normalized spacial score (nSPS) is 18.0. The first-order chi connectivity index (χ1) is 4.68. The molecule has 0 aliphatic heterocycles. The Balaban J connectivity index is 0. The van der Waals surface area contributed by atoms with E-state index in [-0.39, 0.29) is 24.8 Å². The number of halogens is 2. The van der Waals surface area contributed by atoms with Crippen LogP contribution in [0.2, 0.25) is 0 Å². The average molecular weight is 215 g/mol. The maximum Gasteiger partial charge on any atom is -0.00191 e. The maximum absolute atomic E-state index is 5.64. The van der Waals surface area contributed by atoms with Crippen LogP contribution in [0.25, 0.3) is 0 Å². The van der Waals surface area contributed by atoms with Gasteiger partial charge < -0.3 is 10.6 Å². The Bertz CT molecular complexity index is 114. The molecule has 1 fully saturated rings. The quantitative estimate of drug-likeness (QED) is 0.770. The molecule has 76 valence electrons. The summed E-state index contributed by atoms with van der Waals surface area (Å²) in [5, 5.41) is 0. The Hall–Kier alpha value is 0.500. The molecule has 0 saturated heterocycles. The second-order valence-electron chi connectivity index (χ2n) is 3.76. The summed E-state index contributed by atoms with van der Waals surface area (Å²) < 4.78 is 0. The highest BCUT2D eigenvalue weighted by Crippen LogP contribution is 2.47. The molecule has 2 nitrogen and oxygen atoms in total. The highest BCUT2D eigenvalue weighted by molar-refractivity contribution is 5.85. The summed E-state index contributed by atoms with van der Waals surface area (Å²) in [5.41, 5.74) is 6.20. The van der Waals surface area contributed by atoms with Crippen LogP contribution < -0.4 is 5.73 Å². The highest BCUT2D eigenvalue weighted by Gasteiger charge is 2.40. The molecular formula is C8H20Cl2N2. The smallest absolute Gasteiger partial charge is 0.00191 e. The van der Waals surface area contributed by atoms with Gasteiger partial charge in [-0.15, -0.1) is 24.8 Å². The van der Waals surface area contributed by atoms with Gasteiger partial charge in [-0.25, -0.2) is 0 Å². The van der Waals surface area contributed by atoms with E-state index in [1.165, 1.54) is 25.8 Å². The largest absolute Gasteiger partial charge is 0.330 e. The Labute approximate surface area is 87.7 Å². The van der Waals surface area contributed by atoms with Crippen LogP contribution in [-0.2, 0) is 0 Å². The molecular weight excluding hydrogens is 195 g/mol. The zero-order valence-electron chi connectivity index (χ0n) is 7.88. The van der Waals surface area contributed by atoms with E-state index >= 15 is 0 Å². The first-order valence-electron chi connectivity index (χ1n) is 4.03. The van der Waals surface area contributed by atoms with Gasteiger partial charge in [0.25, 0.3) is 0 Å². The molecule has 2 N–H and O–H groups in total. The third kappa shape index (κ3) is 4.51. The van der Waals surface area contributed by atoms with Crippen LogP contribution in [0.5, 0.6) is 0 Å². The van der Waals surface area contributed by atoms with Gasteiger partial charge in [-0.3, -0.25) is 0 Å². The molecule has 1 saturated carbocycles. The number of rotatable bonds is 4. The average Bonchev–Trinajstić information content (AvgIpc) is 2.64. The van der Waals surface area contributed by atoms with Gasteiger partial charge in [0.1, 0.15) is 0 Å². The topological polar surface area (TPSA) is 29.3 Å². The molecule has 0 atom stereocenters. The van der Waals surface area contributed by atoms with Gasteiger partial charge in [-0.05, 0) is 51.9 Å². The van der Waals surface area contributed by atoms with Gasteiger partial charge in [0.2, 0.25) is 0 Å². The number of hydrogen-bond donors (Lipinski definition) is 1. The van der Waals surface area contributed by atoms with Crippen molar-refractivity contribution in [2.45, 2.75) is 19.3 Å². The van der Waals surface area contributed by atoms with Crippen LogP contribution >= 0.6 is 24.8 Å². The summed E-state index contributed by atoms with van der Waals surface area (Å²) in [5.74, 6) is 0. The van der Waals surface area contributed by atoms with Gasteiger partial charge in [0.15, 0.2) is 0 Å². The van der Waals surface area contributed by atoms with Crippen LogP contribution in [-0.4, -0.2) is 32.1 Å². The predicted octanol–water partition coefficient (Wildman–Crippen LogP) is 1.52. The van der Waals surface area contributed by atoms with Crippen molar-refractivity contribution in [2.24, 2.45) is 11.1 Å². The Morgan fingerprint density at radius 2 is 1.75 bits per heavy atom. The van der Waals surface area contributed by atoms with E-state index in [0.29, 0.717) is 5.41 Å². The van der Waals surface area contributed by atoms with Crippen LogP contribution in [0.15, 0.2) is 0 Å². The minimum atomic E-state index is 0. The van der Waals surface area contributed by atoms with Gasteiger partial charge in [-0.2, -0.15) is 0 Å². The summed E-state index contributed by atoms with van der Waals surface area (Å²) in [4.78, 5) is 2.23. The van der Waals surface area contributed by atoms with Crippen molar-refractivity contribution in [3.05, 3.63) is 0 Å². The molecule has 1 aliphatic rings. The second-order valence-corrected chi connectivity index (χ2v) is 3.76. The van der Waals surface area contributed by atoms with E-state index in [1.54, 1.807) is 0 Å². The van der Waals surface area contributed by atoms with E-state index in [9.17, 15) is 0 Å². The number of nitrogens with zero attached hydrogens (tertiary/aromatic N) is 1. The maximum atomic E-state index is 5.64. The first kappa shape index (κ1) is 15.0. The van der Waals surface area contributed by atoms with Crippen LogP contribution in [0.4, 0.5) is 0 Å². The lowest BCUT2D eigenvalue weighted by Gasteiger charge is -2.15. The number of nitrogens with two attached hydrogens (primary N) is 1. The van der Waals surface area contributed by atoms with E-state index in [2.05, 4.69) is 19.0 Å². The summed E-state index contributed by atoms with van der Waals surface area (Å²) >= 11 is 0. The summed E-state index contributed by atoms with van der Waals surface area (Å²) in [7, 11) is 4.24. The van der Waals surface area contributed by atoms with Crippen LogP contribution in [0, 0.1) is 5.41 Å². The van der Waals surface area contributed by atoms with Crippen molar-refractivity contribution in [1.82, 2.24) is 4.90 Å². The van der Waals surface area contributed by atoms with Crippen molar-refractivity contribution in [1.29, 1.82) is 0 Å².